The summed E-state index contributed by atoms with van der Waals surface area (Å²) in [5, 5.41) is 14.0. The molecule has 0 aliphatic carbocycles. The van der Waals surface area contributed by atoms with Gasteiger partial charge in [0, 0.05) is 30.8 Å². The van der Waals surface area contributed by atoms with Crippen molar-refractivity contribution in [3.8, 4) is 22.8 Å². The average molecular weight is 512 g/mol. The lowest BCUT2D eigenvalue weighted by molar-refractivity contribution is -0.127. The molecule has 194 valence electrons. The van der Waals surface area contributed by atoms with Crippen LogP contribution in [0.15, 0.2) is 54.6 Å². The quantitative estimate of drug-likeness (QED) is 0.416. The summed E-state index contributed by atoms with van der Waals surface area (Å²) in [6, 6.07) is 9.05. The van der Waals surface area contributed by atoms with Crippen molar-refractivity contribution in [2.24, 2.45) is 5.73 Å². The number of piperidine rings is 1. The van der Waals surface area contributed by atoms with Gasteiger partial charge in [-0.05, 0) is 56.2 Å². The largest absolute Gasteiger partial charge is 0.454 e. The molecule has 4 rings (SSSR count). The third-order valence-electron chi connectivity index (χ3n) is 6.01. The molecular formula is C26H27F2N5O4. The van der Waals surface area contributed by atoms with Crippen LogP contribution in [-0.2, 0) is 4.79 Å². The molecule has 2 heterocycles. The van der Waals surface area contributed by atoms with E-state index in [4.69, 9.17) is 16.2 Å². The SMILES string of the molecule is C[C@@H](O)C=CC(=O)N1CCC[C@@H](n2nc(-c3ccc(Oc4ccc(F)cc4F)cc3)c(C(N)=O)c2N)C1. The molecule has 0 spiro atoms. The van der Waals surface area contributed by atoms with E-state index in [1.165, 1.54) is 22.9 Å². The first-order valence-corrected chi connectivity index (χ1v) is 11.7. The van der Waals surface area contributed by atoms with E-state index in [-0.39, 0.29) is 40.5 Å². The Balaban J connectivity index is 1.59. The lowest BCUT2D eigenvalue weighted by atomic mass is 10.1. The number of hydrogen-bond acceptors (Lipinski definition) is 6. The zero-order valence-electron chi connectivity index (χ0n) is 20.1. The van der Waals surface area contributed by atoms with E-state index in [2.05, 4.69) is 5.10 Å². The fourth-order valence-electron chi connectivity index (χ4n) is 4.22. The van der Waals surface area contributed by atoms with Crippen LogP contribution in [0.3, 0.4) is 0 Å². The van der Waals surface area contributed by atoms with Crippen LogP contribution in [0.25, 0.3) is 11.3 Å². The number of nitrogens with zero attached hydrogens (tertiary/aromatic N) is 3. The Morgan fingerprint density at radius 2 is 1.95 bits per heavy atom. The first kappa shape index (κ1) is 25.8. The van der Waals surface area contributed by atoms with Gasteiger partial charge >= 0.3 is 0 Å². The highest BCUT2D eigenvalue weighted by atomic mass is 19.1. The molecule has 37 heavy (non-hydrogen) atoms. The van der Waals surface area contributed by atoms with Gasteiger partial charge in [0.1, 0.15) is 28.6 Å². The molecule has 2 aromatic carbocycles. The Bertz CT molecular complexity index is 1340. The van der Waals surface area contributed by atoms with Crippen molar-refractivity contribution in [1.82, 2.24) is 14.7 Å². The van der Waals surface area contributed by atoms with Crippen molar-refractivity contribution < 1.29 is 28.2 Å². The van der Waals surface area contributed by atoms with Crippen molar-refractivity contribution in [2.45, 2.75) is 31.9 Å². The molecule has 1 fully saturated rings. The van der Waals surface area contributed by atoms with Gasteiger partial charge in [0.2, 0.25) is 5.91 Å². The standard InChI is InChI=1S/C26H27F2N5O4/c1-15(34)4-11-22(35)32-12-2-3-18(14-32)33-25(29)23(26(30)36)24(31-33)16-5-8-19(9-6-16)37-21-10-7-17(27)13-20(21)28/h4-11,13,15,18,34H,2-3,12,14,29H2,1H3,(H2,30,36)/t15-,18-/m1/s1. The van der Waals surface area contributed by atoms with E-state index in [1.54, 1.807) is 36.1 Å². The highest BCUT2D eigenvalue weighted by Crippen LogP contribution is 2.33. The van der Waals surface area contributed by atoms with Crippen LogP contribution in [0.2, 0.25) is 0 Å². The number of anilines is 1. The number of amides is 2. The second-order valence-corrected chi connectivity index (χ2v) is 8.80. The van der Waals surface area contributed by atoms with E-state index in [9.17, 15) is 23.5 Å². The molecule has 2 amide bonds. The second kappa shape index (κ2) is 10.8. The maximum Gasteiger partial charge on any atom is 0.254 e. The Hall–Kier alpha value is -4.25. The Labute approximate surface area is 211 Å². The van der Waals surface area contributed by atoms with Crippen molar-refractivity contribution in [2.75, 3.05) is 18.8 Å². The number of likely N-dealkylation sites (tertiary alicyclic amines) is 1. The van der Waals surface area contributed by atoms with Crippen LogP contribution in [0.5, 0.6) is 11.5 Å². The molecule has 5 N–H and O–H groups in total. The summed E-state index contributed by atoms with van der Waals surface area (Å²) >= 11 is 0. The summed E-state index contributed by atoms with van der Waals surface area (Å²) in [6.45, 7) is 2.43. The number of carbonyl (C=O) groups is 2. The number of aromatic nitrogens is 2. The number of ether oxygens (including phenoxy) is 1. The van der Waals surface area contributed by atoms with Gasteiger partial charge in [-0.3, -0.25) is 9.59 Å². The van der Waals surface area contributed by atoms with Gasteiger partial charge in [-0.1, -0.05) is 6.08 Å². The van der Waals surface area contributed by atoms with Crippen molar-refractivity contribution >= 4 is 17.6 Å². The van der Waals surface area contributed by atoms with E-state index >= 15 is 0 Å². The number of aliphatic hydroxyl groups is 1. The molecule has 11 heteroatoms. The van der Waals surface area contributed by atoms with Gasteiger partial charge in [0.05, 0.1) is 12.1 Å². The summed E-state index contributed by atoms with van der Waals surface area (Å²) in [4.78, 5) is 26.4. The maximum absolute atomic E-state index is 13.9. The number of halogens is 2. The third-order valence-corrected chi connectivity index (χ3v) is 6.01. The Morgan fingerprint density at radius 3 is 2.59 bits per heavy atom. The van der Waals surface area contributed by atoms with E-state index in [0.717, 1.165) is 12.1 Å². The number of rotatable bonds is 7. The van der Waals surface area contributed by atoms with Gasteiger partial charge in [0.15, 0.2) is 11.6 Å². The van der Waals surface area contributed by atoms with Crippen LogP contribution in [-0.4, -0.2) is 50.8 Å². The number of nitrogens with two attached hydrogens (primary N) is 2. The lowest BCUT2D eigenvalue weighted by Crippen LogP contribution is -2.40. The van der Waals surface area contributed by atoms with Crippen molar-refractivity contribution in [3.63, 3.8) is 0 Å². The van der Waals surface area contributed by atoms with Crippen LogP contribution < -0.4 is 16.2 Å². The highest BCUT2D eigenvalue weighted by Gasteiger charge is 2.29. The molecule has 1 aromatic heterocycles. The Morgan fingerprint density at radius 1 is 1.22 bits per heavy atom. The normalized spacial score (nSPS) is 16.6. The second-order valence-electron chi connectivity index (χ2n) is 8.80. The van der Waals surface area contributed by atoms with Crippen LogP contribution >= 0.6 is 0 Å². The Kier molecular flexibility index (Phi) is 7.53. The molecule has 1 aliphatic heterocycles. The summed E-state index contributed by atoms with van der Waals surface area (Å²) in [6.07, 6.45) is 3.39. The van der Waals surface area contributed by atoms with Crippen molar-refractivity contribution in [1.29, 1.82) is 0 Å². The third kappa shape index (κ3) is 5.78. The zero-order valence-corrected chi connectivity index (χ0v) is 20.1. The predicted molar refractivity (Wildman–Crippen MR) is 133 cm³/mol. The molecule has 0 radical (unpaired) electrons. The summed E-state index contributed by atoms with van der Waals surface area (Å²) in [5.41, 5.74) is 12.8. The fourth-order valence-corrected chi connectivity index (χ4v) is 4.22. The van der Waals surface area contributed by atoms with Gasteiger partial charge < -0.3 is 26.2 Å². The molecule has 3 aromatic rings. The fraction of sp³-hybridized carbons (Fsp3) is 0.269. The topological polar surface area (TPSA) is 137 Å². The summed E-state index contributed by atoms with van der Waals surface area (Å²) in [7, 11) is 0. The van der Waals surface area contributed by atoms with Gasteiger partial charge in [-0.2, -0.15) is 5.10 Å². The molecule has 9 nitrogen and oxygen atoms in total. The van der Waals surface area contributed by atoms with Crippen LogP contribution in [0.1, 0.15) is 36.2 Å². The van der Waals surface area contributed by atoms with E-state index in [1.807, 2.05) is 0 Å². The zero-order chi connectivity index (χ0) is 26.7. The number of nitrogen functional groups attached to an aromatic ring is 1. The van der Waals surface area contributed by atoms with Crippen LogP contribution in [0, 0.1) is 11.6 Å². The lowest BCUT2D eigenvalue weighted by Gasteiger charge is -2.32. The number of primary amides is 1. The van der Waals surface area contributed by atoms with Gasteiger partial charge in [-0.25, -0.2) is 13.5 Å². The number of carbonyl (C=O) groups excluding carboxylic acids is 2. The summed E-state index contributed by atoms with van der Waals surface area (Å²) in [5.74, 6) is -2.30. The highest BCUT2D eigenvalue weighted by molar-refractivity contribution is 6.03. The molecule has 1 aliphatic rings. The molecular weight excluding hydrogens is 484 g/mol. The maximum atomic E-state index is 13.9. The molecule has 0 bridgehead atoms. The minimum absolute atomic E-state index is 0.0516. The average Bonchev–Trinajstić information content (AvgIpc) is 3.22. The molecule has 2 atom stereocenters. The van der Waals surface area contributed by atoms with E-state index < -0.39 is 23.6 Å². The van der Waals surface area contributed by atoms with Crippen molar-refractivity contribution in [3.05, 3.63) is 71.8 Å². The number of aliphatic hydroxyl groups excluding tert-OH is 1. The monoisotopic (exact) mass is 511 g/mol. The number of benzene rings is 2. The molecule has 1 saturated heterocycles. The number of hydrogen-bond donors (Lipinski definition) is 3. The minimum atomic E-state index is -0.840. The molecule has 0 saturated carbocycles. The van der Waals surface area contributed by atoms with Crippen LogP contribution in [0.4, 0.5) is 14.6 Å². The molecule has 0 unspecified atom stereocenters. The first-order valence-electron chi connectivity index (χ1n) is 11.7. The van der Waals surface area contributed by atoms with E-state index in [0.29, 0.717) is 31.5 Å². The summed E-state index contributed by atoms with van der Waals surface area (Å²) < 4.78 is 34.1. The predicted octanol–water partition coefficient (Wildman–Crippen LogP) is 3.40. The smallest absolute Gasteiger partial charge is 0.254 e. The van der Waals surface area contributed by atoms with Gasteiger partial charge in [-0.15, -0.1) is 0 Å². The first-order chi connectivity index (χ1) is 17.6. The van der Waals surface area contributed by atoms with Gasteiger partial charge in [0.25, 0.3) is 5.91 Å². The minimum Gasteiger partial charge on any atom is -0.454 e.